The fourth-order valence-corrected chi connectivity index (χ4v) is 5.54. The Morgan fingerprint density at radius 2 is 1.89 bits per heavy atom. The zero-order chi connectivity index (χ0) is 24.2. The first kappa shape index (κ1) is 21.8. The number of fused-ring (bicyclic) bond motifs is 1. The van der Waals surface area contributed by atoms with Crippen LogP contribution in [0.4, 0.5) is 10.6 Å². The molecule has 6 rings (SSSR count). The zero-order valence-corrected chi connectivity index (χ0v) is 19.8. The smallest absolute Gasteiger partial charge is 0.407 e. The Balaban J connectivity index is 1.37. The van der Waals surface area contributed by atoms with Crippen LogP contribution in [0.2, 0.25) is 0 Å². The number of hydrogen-bond donors (Lipinski definition) is 2. The van der Waals surface area contributed by atoms with E-state index in [1.165, 1.54) is 16.8 Å². The van der Waals surface area contributed by atoms with E-state index in [0.29, 0.717) is 30.5 Å². The van der Waals surface area contributed by atoms with E-state index in [9.17, 15) is 9.90 Å². The van der Waals surface area contributed by atoms with E-state index in [0.717, 1.165) is 67.2 Å². The highest BCUT2D eigenvalue weighted by Gasteiger charge is 2.38. The van der Waals surface area contributed by atoms with Gasteiger partial charge in [0.15, 0.2) is 11.6 Å². The molecule has 10 nitrogen and oxygen atoms in total. The number of nitrogen functional groups attached to an aromatic ring is 1. The topological polar surface area (TPSA) is 132 Å². The van der Waals surface area contributed by atoms with Gasteiger partial charge in [0, 0.05) is 20.1 Å². The van der Waals surface area contributed by atoms with Gasteiger partial charge in [0.1, 0.15) is 17.8 Å². The molecule has 3 N–H and O–H groups in total. The molecule has 1 saturated heterocycles. The van der Waals surface area contributed by atoms with Crippen molar-refractivity contribution in [2.75, 3.05) is 18.8 Å². The van der Waals surface area contributed by atoms with Crippen LogP contribution in [0.3, 0.4) is 0 Å². The highest BCUT2D eigenvalue weighted by molar-refractivity contribution is 6.04. The number of nitrogens with zero attached hydrogens (tertiary/aromatic N) is 6. The number of likely N-dealkylation sites (tertiary alicyclic amines) is 1. The molecule has 1 amide bonds. The molecule has 0 unspecified atom stereocenters. The van der Waals surface area contributed by atoms with Crippen LogP contribution in [-0.4, -0.2) is 59.8 Å². The number of amides is 1. The third-order valence-electron chi connectivity index (χ3n) is 7.78. The van der Waals surface area contributed by atoms with Crippen LogP contribution in [0.25, 0.3) is 28.0 Å². The summed E-state index contributed by atoms with van der Waals surface area (Å²) < 4.78 is 7.90. The Hall–Kier alpha value is -3.69. The fourth-order valence-electron chi connectivity index (χ4n) is 5.54. The molecule has 3 aromatic heterocycles. The molecule has 0 atom stereocenters. The van der Waals surface area contributed by atoms with Crippen molar-refractivity contribution in [1.29, 1.82) is 0 Å². The summed E-state index contributed by atoms with van der Waals surface area (Å²) in [6, 6.07) is 0. The number of carboxylic acid groups (broad SMARTS) is 1. The minimum absolute atomic E-state index is 0.164. The Morgan fingerprint density at radius 3 is 2.51 bits per heavy atom. The van der Waals surface area contributed by atoms with Gasteiger partial charge in [0.2, 0.25) is 0 Å². The zero-order valence-electron chi connectivity index (χ0n) is 19.8. The quantitative estimate of drug-likeness (QED) is 0.581. The number of aryl methyl sites for hydroxylation is 1. The number of allylic oxidation sites excluding steroid dienone is 2. The monoisotopic (exact) mass is 475 g/mol. The molecule has 0 bridgehead atoms. The number of piperidine rings is 1. The van der Waals surface area contributed by atoms with Crippen molar-refractivity contribution in [3.8, 4) is 17.1 Å². The number of rotatable bonds is 4. The summed E-state index contributed by atoms with van der Waals surface area (Å²) in [5.74, 6) is 1.66. The number of hydrogen-bond acceptors (Lipinski definition) is 7. The molecule has 10 heteroatoms. The van der Waals surface area contributed by atoms with Gasteiger partial charge in [-0.1, -0.05) is 6.08 Å². The van der Waals surface area contributed by atoms with E-state index in [4.69, 9.17) is 10.5 Å². The van der Waals surface area contributed by atoms with Crippen LogP contribution in [0.15, 0.2) is 24.8 Å². The molecule has 2 aliphatic carbocycles. The van der Waals surface area contributed by atoms with Gasteiger partial charge in [0.05, 0.1) is 35.1 Å². The highest BCUT2D eigenvalue weighted by atomic mass is 16.5. The minimum atomic E-state index is -0.820. The summed E-state index contributed by atoms with van der Waals surface area (Å²) >= 11 is 0. The maximum Gasteiger partial charge on any atom is 0.407 e. The van der Waals surface area contributed by atoms with Gasteiger partial charge in [0.25, 0.3) is 0 Å². The van der Waals surface area contributed by atoms with Crippen LogP contribution < -0.4 is 10.5 Å². The lowest BCUT2D eigenvalue weighted by Crippen LogP contribution is -2.43. The predicted molar refractivity (Wildman–Crippen MR) is 131 cm³/mol. The fraction of sp³-hybridized carbons (Fsp3) is 0.480. The molecule has 1 saturated carbocycles. The number of aromatic nitrogens is 5. The molecule has 1 spiro atoms. The van der Waals surface area contributed by atoms with Gasteiger partial charge >= 0.3 is 6.09 Å². The number of ether oxygens (including phenoxy) is 1. The van der Waals surface area contributed by atoms with Crippen molar-refractivity contribution in [3.63, 3.8) is 0 Å². The molecule has 3 aliphatic rings. The summed E-state index contributed by atoms with van der Waals surface area (Å²) in [4.78, 5) is 30.9. The van der Waals surface area contributed by atoms with Crippen molar-refractivity contribution in [3.05, 3.63) is 30.5 Å². The Morgan fingerprint density at radius 1 is 1.14 bits per heavy atom. The first-order valence-corrected chi connectivity index (χ1v) is 12.2. The van der Waals surface area contributed by atoms with E-state index in [1.807, 2.05) is 7.05 Å². The lowest BCUT2D eigenvalue weighted by molar-refractivity contribution is 0.0842. The maximum atomic E-state index is 11.3. The van der Waals surface area contributed by atoms with Crippen LogP contribution in [0.5, 0.6) is 5.75 Å². The van der Waals surface area contributed by atoms with E-state index in [-0.39, 0.29) is 11.5 Å². The summed E-state index contributed by atoms with van der Waals surface area (Å²) in [5, 5.41) is 10.1. The molecule has 35 heavy (non-hydrogen) atoms. The minimum Gasteiger partial charge on any atom is -0.487 e. The lowest BCUT2D eigenvalue weighted by atomic mass is 9.68. The Kier molecular flexibility index (Phi) is 5.12. The highest BCUT2D eigenvalue weighted by Crippen LogP contribution is 2.48. The summed E-state index contributed by atoms with van der Waals surface area (Å²) in [6.45, 7) is 1.21. The van der Waals surface area contributed by atoms with Crippen molar-refractivity contribution in [2.24, 2.45) is 12.5 Å². The third kappa shape index (κ3) is 3.86. The van der Waals surface area contributed by atoms with E-state index in [1.54, 1.807) is 12.4 Å². The standard InChI is InChI=1S/C25H29N7O3/c1-31-20(15-4-6-25(7-5-15)8-10-32(11-9-25)24(33)34)18(19-21(26)29-14-30-23(19)31)22-27-12-17(13-28-22)35-16-2-3-16/h4,12-14,16H,2-3,5-11H2,1H3,(H,33,34)(H2,26,29,30). The van der Waals surface area contributed by atoms with Gasteiger partial charge in [-0.05, 0) is 55.9 Å². The molecule has 0 radical (unpaired) electrons. The predicted octanol–water partition coefficient (Wildman–Crippen LogP) is 3.88. The summed E-state index contributed by atoms with van der Waals surface area (Å²) in [7, 11) is 1.99. The maximum absolute atomic E-state index is 11.3. The second-order valence-corrected chi connectivity index (χ2v) is 10.0. The summed E-state index contributed by atoms with van der Waals surface area (Å²) in [5.41, 5.74) is 10.3. The normalized spacial score (nSPS) is 19.7. The summed E-state index contributed by atoms with van der Waals surface area (Å²) in [6.07, 6.45) is 13.5. The largest absolute Gasteiger partial charge is 0.487 e. The Bertz CT molecular complexity index is 1320. The van der Waals surface area contributed by atoms with E-state index in [2.05, 4.69) is 30.6 Å². The molecule has 4 heterocycles. The second kappa shape index (κ2) is 8.21. The molecule has 0 aromatic carbocycles. The molecule has 1 aliphatic heterocycles. The number of nitrogens with two attached hydrogens (primary N) is 1. The number of carbonyl (C=O) groups is 1. The molecular formula is C25H29N7O3. The average Bonchev–Trinajstić information content (AvgIpc) is 3.63. The van der Waals surface area contributed by atoms with Gasteiger partial charge < -0.3 is 25.0 Å². The van der Waals surface area contributed by atoms with Crippen LogP contribution in [-0.2, 0) is 7.05 Å². The van der Waals surface area contributed by atoms with Gasteiger partial charge in [-0.3, -0.25) is 0 Å². The van der Waals surface area contributed by atoms with Crippen LogP contribution in [0, 0.1) is 5.41 Å². The third-order valence-corrected chi connectivity index (χ3v) is 7.78. The SMILES string of the molecule is Cn1c(C2=CCC3(CC2)CCN(C(=O)O)CC3)c(-c2ncc(OC3CC3)cn2)c2c(N)ncnc21. The second-order valence-electron chi connectivity index (χ2n) is 10.0. The van der Waals surface area contributed by atoms with Crippen LogP contribution >= 0.6 is 0 Å². The van der Waals surface area contributed by atoms with Gasteiger partial charge in [-0.2, -0.15) is 0 Å². The van der Waals surface area contributed by atoms with Gasteiger partial charge in [-0.15, -0.1) is 0 Å². The average molecular weight is 476 g/mol. The molecular weight excluding hydrogens is 446 g/mol. The lowest BCUT2D eigenvalue weighted by Gasteiger charge is -2.43. The number of anilines is 1. The first-order valence-electron chi connectivity index (χ1n) is 12.2. The van der Waals surface area contributed by atoms with Crippen molar-refractivity contribution < 1.29 is 14.6 Å². The molecule has 2 fully saturated rings. The molecule has 3 aromatic rings. The van der Waals surface area contributed by atoms with Gasteiger partial charge in [-0.25, -0.2) is 24.7 Å². The van der Waals surface area contributed by atoms with Crippen molar-refractivity contribution >= 4 is 28.5 Å². The molecule has 182 valence electrons. The van der Waals surface area contributed by atoms with E-state index < -0.39 is 6.09 Å². The van der Waals surface area contributed by atoms with Crippen LogP contribution in [0.1, 0.15) is 50.6 Å². The van der Waals surface area contributed by atoms with Crippen molar-refractivity contribution in [1.82, 2.24) is 29.4 Å². The Labute approximate surface area is 202 Å². The van der Waals surface area contributed by atoms with Crippen molar-refractivity contribution in [2.45, 2.75) is 51.0 Å². The van der Waals surface area contributed by atoms with E-state index >= 15 is 0 Å². The first-order chi connectivity index (χ1) is 16.9.